The van der Waals surface area contributed by atoms with Crippen LogP contribution in [-0.2, 0) is 4.79 Å². The fourth-order valence-electron chi connectivity index (χ4n) is 2.62. The van der Waals surface area contributed by atoms with Gasteiger partial charge in [0, 0.05) is 29.0 Å². The number of aromatic nitrogens is 2. The lowest BCUT2D eigenvalue weighted by atomic mass is 10.1. The average molecular weight is 374 g/mol. The summed E-state index contributed by atoms with van der Waals surface area (Å²) in [5.74, 6) is 0.100. The Morgan fingerprint density at radius 2 is 2.04 bits per heavy atom. The van der Waals surface area contributed by atoms with Gasteiger partial charge in [0.2, 0.25) is 0 Å². The van der Waals surface area contributed by atoms with Gasteiger partial charge in [0.1, 0.15) is 11.8 Å². The molecular formula is C20H14N4O2S. The summed E-state index contributed by atoms with van der Waals surface area (Å²) in [7, 11) is 0. The van der Waals surface area contributed by atoms with E-state index in [1.165, 1.54) is 0 Å². The number of rotatable bonds is 5. The van der Waals surface area contributed by atoms with Crippen molar-refractivity contribution in [2.45, 2.75) is 0 Å². The van der Waals surface area contributed by atoms with Crippen LogP contribution in [0.1, 0.15) is 5.56 Å². The largest absolute Gasteiger partial charge is 0.482 e. The Labute approximate surface area is 159 Å². The second kappa shape index (κ2) is 7.32. The number of hydrogen-bond acceptors (Lipinski definition) is 5. The van der Waals surface area contributed by atoms with E-state index in [0.717, 1.165) is 16.2 Å². The highest BCUT2D eigenvalue weighted by molar-refractivity contribution is 7.15. The molecule has 0 radical (unpaired) electrons. The highest BCUT2D eigenvalue weighted by Crippen LogP contribution is 2.23. The van der Waals surface area contributed by atoms with E-state index in [-0.39, 0.29) is 12.5 Å². The first-order valence-corrected chi connectivity index (χ1v) is 9.05. The quantitative estimate of drug-likeness (QED) is 0.574. The number of benzene rings is 2. The van der Waals surface area contributed by atoms with Crippen LogP contribution in [0.15, 0.2) is 66.3 Å². The van der Waals surface area contributed by atoms with Crippen molar-refractivity contribution in [3.8, 4) is 23.1 Å². The number of amides is 1. The van der Waals surface area contributed by atoms with Crippen molar-refractivity contribution in [2.24, 2.45) is 0 Å². The number of para-hydroxylation sites is 1. The first-order chi connectivity index (χ1) is 13.2. The summed E-state index contributed by atoms with van der Waals surface area (Å²) in [5, 5.41) is 13.8. The van der Waals surface area contributed by atoms with E-state index in [9.17, 15) is 4.79 Å². The lowest BCUT2D eigenvalue weighted by Gasteiger charge is -2.09. The third-order valence-corrected chi connectivity index (χ3v) is 4.69. The van der Waals surface area contributed by atoms with Crippen LogP contribution in [0.25, 0.3) is 16.2 Å². The third kappa shape index (κ3) is 3.66. The zero-order valence-corrected chi connectivity index (χ0v) is 14.9. The number of nitriles is 1. The maximum Gasteiger partial charge on any atom is 0.262 e. The molecule has 0 aliphatic heterocycles. The van der Waals surface area contributed by atoms with Gasteiger partial charge in [-0.15, -0.1) is 11.3 Å². The van der Waals surface area contributed by atoms with Gasteiger partial charge >= 0.3 is 0 Å². The monoisotopic (exact) mass is 374 g/mol. The number of anilines is 1. The van der Waals surface area contributed by atoms with E-state index in [1.54, 1.807) is 35.6 Å². The van der Waals surface area contributed by atoms with Gasteiger partial charge in [-0.1, -0.05) is 24.3 Å². The SMILES string of the molecule is N#Cc1ccccc1OCC(=O)Nc1ccc(-c2cn3ccsc3n2)cc1. The Kier molecular flexibility index (Phi) is 4.56. The molecular weight excluding hydrogens is 360 g/mol. The molecule has 1 amide bonds. The van der Waals surface area contributed by atoms with E-state index in [4.69, 9.17) is 10.00 Å². The third-order valence-electron chi connectivity index (χ3n) is 3.92. The zero-order valence-electron chi connectivity index (χ0n) is 14.1. The van der Waals surface area contributed by atoms with Crippen LogP contribution in [0.3, 0.4) is 0 Å². The first-order valence-electron chi connectivity index (χ1n) is 8.17. The summed E-state index contributed by atoms with van der Waals surface area (Å²) in [5.41, 5.74) is 2.93. The summed E-state index contributed by atoms with van der Waals surface area (Å²) < 4.78 is 7.41. The maximum atomic E-state index is 12.1. The molecule has 0 fully saturated rings. The van der Waals surface area contributed by atoms with Crippen molar-refractivity contribution in [3.05, 3.63) is 71.9 Å². The fourth-order valence-corrected chi connectivity index (χ4v) is 3.32. The summed E-state index contributed by atoms with van der Waals surface area (Å²) in [6.07, 6.45) is 3.94. The maximum absolute atomic E-state index is 12.1. The number of carbonyl (C=O) groups is 1. The van der Waals surface area contributed by atoms with Gasteiger partial charge in [0.25, 0.3) is 5.91 Å². The Balaban J connectivity index is 1.38. The molecule has 4 rings (SSSR count). The molecule has 4 aromatic rings. The van der Waals surface area contributed by atoms with Gasteiger partial charge in [-0.2, -0.15) is 5.26 Å². The number of thiazole rings is 1. The van der Waals surface area contributed by atoms with E-state index in [0.29, 0.717) is 17.0 Å². The minimum atomic E-state index is -0.294. The molecule has 0 saturated carbocycles. The molecule has 0 aliphatic rings. The molecule has 2 aromatic heterocycles. The Morgan fingerprint density at radius 3 is 2.81 bits per heavy atom. The molecule has 27 heavy (non-hydrogen) atoms. The molecule has 0 aliphatic carbocycles. The normalized spacial score (nSPS) is 10.5. The van der Waals surface area contributed by atoms with Gasteiger partial charge in [0.15, 0.2) is 11.6 Å². The van der Waals surface area contributed by atoms with Crippen LogP contribution in [0, 0.1) is 11.3 Å². The average Bonchev–Trinajstić information content (AvgIpc) is 3.29. The van der Waals surface area contributed by atoms with Crippen molar-refractivity contribution in [3.63, 3.8) is 0 Å². The highest BCUT2D eigenvalue weighted by Gasteiger charge is 2.08. The fraction of sp³-hybridized carbons (Fsp3) is 0.0500. The van der Waals surface area contributed by atoms with E-state index < -0.39 is 0 Å². The van der Waals surface area contributed by atoms with Gasteiger partial charge < -0.3 is 10.1 Å². The number of nitrogens with one attached hydrogen (secondary N) is 1. The molecule has 6 nitrogen and oxygen atoms in total. The van der Waals surface area contributed by atoms with E-state index in [1.807, 2.05) is 52.5 Å². The topological polar surface area (TPSA) is 79.4 Å². The van der Waals surface area contributed by atoms with Crippen molar-refractivity contribution >= 4 is 27.9 Å². The number of imidazole rings is 1. The lowest BCUT2D eigenvalue weighted by Crippen LogP contribution is -2.20. The van der Waals surface area contributed by atoms with Crippen molar-refractivity contribution in [1.29, 1.82) is 5.26 Å². The predicted molar refractivity (Wildman–Crippen MR) is 104 cm³/mol. The second-order valence-corrected chi connectivity index (χ2v) is 6.61. The highest BCUT2D eigenvalue weighted by atomic mass is 32.1. The first kappa shape index (κ1) is 16.8. The minimum Gasteiger partial charge on any atom is -0.482 e. The molecule has 0 saturated heterocycles. The Hall–Kier alpha value is -3.63. The number of ether oxygens (including phenoxy) is 1. The molecule has 0 spiro atoms. The standard InChI is InChI=1S/C20H14N4O2S/c21-11-15-3-1-2-4-18(15)26-13-19(25)22-16-7-5-14(6-8-16)17-12-24-9-10-27-20(24)23-17/h1-10,12H,13H2,(H,22,25). The van der Waals surface area contributed by atoms with Crippen molar-refractivity contribution < 1.29 is 9.53 Å². The van der Waals surface area contributed by atoms with Crippen LogP contribution < -0.4 is 10.1 Å². The molecule has 7 heteroatoms. The van der Waals surface area contributed by atoms with Crippen LogP contribution in [0.2, 0.25) is 0 Å². The zero-order chi connectivity index (χ0) is 18.6. The van der Waals surface area contributed by atoms with Gasteiger partial charge in [-0.3, -0.25) is 9.20 Å². The minimum absolute atomic E-state index is 0.169. The molecule has 0 atom stereocenters. The summed E-state index contributed by atoms with van der Waals surface area (Å²) >= 11 is 1.58. The predicted octanol–water partition coefficient (Wildman–Crippen LogP) is 3.95. The molecule has 1 N–H and O–H groups in total. The van der Waals surface area contributed by atoms with Crippen LogP contribution in [0.5, 0.6) is 5.75 Å². The van der Waals surface area contributed by atoms with E-state index in [2.05, 4.69) is 10.3 Å². The number of hydrogen-bond donors (Lipinski definition) is 1. The summed E-state index contributed by atoms with van der Waals surface area (Å²) in [6.45, 7) is -0.169. The second-order valence-electron chi connectivity index (χ2n) is 5.74. The van der Waals surface area contributed by atoms with Crippen LogP contribution in [0.4, 0.5) is 5.69 Å². The van der Waals surface area contributed by atoms with Gasteiger partial charge in [-0.05, 0) is 24.3 Å². The number of nitrogens with zero attached hydrogens (tertiary/aromatic N) is 3. The van der Waals surface area contributed by atoms with Crippen molar-refractivity contribution in [2.75, 3.05) is 11.9 Å². The Morgan fingerprint density at radius 1 is 1.22 bits per heavy atom. The van der Waals surface area contributed by atoms with Crippen LogP contribution >= 0.6 is 11.3 Å². The lowest BCUT2D eigenvalue weighted by molar-refractivity contribution is -0.118. The van der Waals surface area contributed by atoms with Crippen LogP contribution in [-0.4, -0.2) is 21.9 Å². The van der Waals surface area contributed by atoms with Gasteiger partial charge in [0.05, 0.1) is 11.3 Å². The Bertz CT molecular complexity index is 1110. The molecule has 2 aromatic carbocycles. The molecule has 132 valence electrons. The molecule has 0 unspecified atom stereocenters. The summed E-state index contributed by atoms with van der Waals surface area (Å²) in [6, 6.07) is 16.3. The van der Waals surface area contributed by atoms with Crippen molar-refractivity contribution in [1.82, 2.24) is 9.38 Å². The summed E-state index contributed by atoms with van der Waals surface area (Å²) in [4.78, 5) is 17.6. The molecule has 2 heterocycles. The van der Waals surface area contributed by atoms with Gasteiger partial charge in [-0.25, -0.2) is 4.98 Å². The number of fused-ring (bicyclic) bond motifs is 1. The molecule has 0 bridgehead atoms. The van der Waals surface area contributed by atoms with E-state index >= 15 is 0 Å². The number of carbonyl (C=O) groups excluding carboxylic acids is 1. The smallest absolute Gasteiger partial charge is 0.262 e.